The van der Waals surface area contributed by atoms with Crippen LogP contribution in [-0.4, -0.2) is 18.3 Å². The van der Waals surface area contributed by atoms with Gasteiger partial charge in [-0.2, -0.15) is 0 Å². The fraction of sp³-hybridized carbons (Fsp3) is 0.176. The van der Waals surface area contributed by atoms with Gasteiger partial charge < -0.3 is 10.1 Å². The number of ketones is 1. The standard InChI is InChI=1S/C17H13F2NO3/c18-12-4-2-5-13(19)17(12)20-16(22)9-23-15-6-1-3-10-11(15)7-8-14(10)21/h1-6H,7-9H2,(H,20,22). The number of rotatable bonds is 4. The molecule has 3 rings (SSSR count). The monoisotopic (exact) mass is 317 g/mol. The maximum Gasteiger partial charge on any atom is 0.262 e. The van der Waals surface area contributed by atoms with E-state index >= 15 is 0 Å². The molecule has 1 aliphatic rings. The van der Waals surface area contributed by atoms with Gasteiger partial charge in [0.2, 0.25) is 0 Å². The number of amides is 1. The summed E-state index contributed by atoms with van der Waals surface area (Å²) in [6, 6.07) is 8.36. The van der Waals surface area contributed by atoms with Gasteiger partial charge in [0.25, 0.3) is 5.91 Å². The van der Waals surface area contributed by atoms with Crippen LogP contribution in [0.25, 0.3) is 0 Å². The number of hydrogen-bond donors (Lipinski definition) is 1. The number of fused-ring (bicyclic) bond motifs is 1. The molecule has 0 aromatic heterocycles. The lowest BCUT2D eigenvalue weighted by atomic mass is 10.1. The molecule has 1 aliphatic carbocycles. The molecule has 6 heteroatoms. The minimum absolute atomic E-state index is 0.0447. The predicted octanol–water partition coefficient (Wildman–Crippen LogP) is 3.11. The molecule has 0 unspecified atom stereocenters. The molecule has 0 heterocycles. The van der Waals surface area contributed by atoms with Gasteiger partial charge >= 0.3 is 0 Å². The van der Waals surface area contributed by atoms with Crippen molar-refractivity contribution in [3.63, 3.8) is 0 Å². The van der Waals surface area contributed by atoms with Crippen LogP contribution in [0.4, 0.5) is 14.5 Å². The summed E-state index contributed by atoms with van der Waals surface area (Å²) < 4.78 is 32.3. The van der Waals surface area contributed by atoms with Crippen LogP contribution in [0.2, 0.25) is 0 Å². The maximum absolute atomic E-state index is 13.5. The summed E-state index contributed by atoms with van der Waals surface area (Å²) in [6.07, 6.45) is 0.982. The van der Waals surface area contributed by atoms with Gasteiger partial charge in [-0.25, -0.2) is 8.78 Å². The highest BCUT2D eigenvalue weighted by atomic mass is 19.1. The SMILES string of the molecule is O=C(COc1cccc2c1CCC2=O)Nc1c(F)cccc1F. The fourth-order valence-corrected chi connectivity index (χ4v) is 2.53. The lowest BCUT2D eigenvalue weighted by Crippen LogP contribution is -2.21. The van der Waals surface area contributed by atoms with Gasteiger partial charge in [0.1, 0.15) is 23.1 Å². The molecule has 0 atom stereocenters. The van der Waals surface area contributed by atoms with Crippen molar-refractivity contribution < 1.29 is 23.1 Å². The number of benzene rings is 2. The van der Waals surface area contributed by atoms with Crippen LogP contribution >= 0.6 is 0 Å². The number of halogens is 2. The maximum atomic E-state index is 13.5. The first kappa shape index (κ1) is 15.1. The number of carbonyl (C=O) groups excluding carboxylic acids is 2. The molecule has 23 heavy (non-hydrogen) atoms. The van der Waals surface area contributed by atoms with E-state index in [4.69, 9.17) is 4.74 Å². The van der Waals surface area contributed by atoms with Crippen molar-refractivity contribution in [2.75, 3.05) is 11.9 Å². The number of hydrogen-bond acceptors (Lipinski definition) is 3. The molecule has 2 aromatic carbocycles. The van der Waals surface area contributed by atoms with E-state index < -0.39 is 29.8 Å². The largest absolute Gasteiger partial charge is 0.483 e. The molecule has 4 nitrogen and oxygen atoms in total. The van der Waals surface area contributed by atoms with Gasteiger partial charge in [-0.3, -0.25) is 9.59 Å². The summed E-state index contributed by atoms with van der Waals surface area (Å²) in [6.45, 7) is -0.404. The average Bonchev–Trinajstić information content (AvgIpc) is 2.91. The van der Waals surface area contributed by atoms with Crippen LogP contribution < -0.4 is 10.1 Å². The average molecular weight is 317 g/mol. The first-order valence-corrected chi connectivity index (χ1v) is 7.08. The van der Waals surface area contributed by atoms with Gasteiger partial charge in [0.05, 0.1) is 0 Å². The second kappa shape index (κ2) is 6.16. The molecule has 0 saturated carbocycles. The molecule has 0 aliphatic heterocycles. The Labute approximate surface area is 131 Å². The quantitative estimate of drug-likeness (QED) is 0.942. The van der Waals surface area contributed by atoms with Crippen LogP contribution in [-0.2, 0) is 11.2 Å². The van der Waals surface area contributed by atoms with Crippen molar-refractivity contribution in [1.82, 2.24) is 0 Å². The zero-order valence-electron chi connectivity index (χ0n) is 12.1. The van der Waals surface area contributed by atoms with E-state index in [-0.39, 0.29) is 5.78 Å². The minimum atomic E-state index is -0.857. The third kappa shape index (κ3) is 3.06. The molecule has 0 saturated heterocycles. The Morgan fingerprint density at radius 2 is 1.78 bits per heavy atom. The highest BCUT2D eigenvalue weighted by Gasteiger charge is 2.23. The van der Waals surface area contributed by atoms with Crippen molar-refractivity contribution in [2.45, 2.75) is 12.8 Å². The van der Waals surface area contributed by atoms with Gasteiger partial charge in [-0.15, -0.1) is 0 Å². The van der Waals surface area contributed by atoms with Crippen LogP contribution in [0.3, 0.4) is 0 Å². The predicted molar refractivity (Wildman–Crippen MR) is 79.6 cm³/mol. The molecular weight excluding hydrogens is 304 g/mol. The van der Waals surface area contributed by atoms with Gasteiger partial charge in [-0.1, -0.05) is 18.2 Å². The number of para-hydroxylation sites is 1. The van der Waals surface area contributed by atoms with Crippen molar-refractivity contribution >= 4 is 17.4 Å². The zero-order chi connectivity index (χ0) is 16.4. The third-order valence-electron chi connectivity index (χ3n) is 3.62. The molecule has 118 valence electrons. The first-order chi connectivity index (χ1) is 11.1. The number of nitrogens with one attached hydrogen (secondary N) is 1. The van der Waals surface area contributed by atoms with E-state index in [9.17, 15) is 18.4 Å². The molecule has 1 amide bonds. The summed E-state index contributed by atoms with van der Waals surface area (Å²) in [7, 11) is 0. The molecule has 0 bridgehead atoms. The summed E-state index contributed by atoms with van der Waals surface area (Å²) >= 11 is 0. The third-order valence-corrected chi connectivity index (χ3v) is 3.62. The molecule has 0 radical (unpaired) electrons. The van der Waals surface area contributed by atoms with Crippen molar-refractivity contribution in [3.8, 4) is 5.75 Å². The smallest absolute Gasteiger partial charge is 0.262 e. The van der Waals surface area contributed by atoms with E-state index in [0.717, 1.165) is 17.7 Å². The van der Waals surface area contributed by atoms with Crippen LogP contribution in [0, 0.1) is 11.6 Å². The number of anilines is 1. The van der Waals surface area contributed by atoms with E-state index in [2.05, 4.69) is 5.32 Å². The van der Waals surface area contributed by atoms with Crippen molar-refractivity contribution in [1.29, 1.82) is 0 Å². The molecule has 0 fully saturated rings. The summed E-state index contributed by atoms with van der Waals surface area (Å²) in [5.74, 6) is -1.91. The summed E-state index contributed by atoms with van der Waals surface area (Å²) in [5.41, 5.74) is 0.861. The Kier molecular flexibility index (Phi) is 4.06. The van der Waals surface area contributed by atoms with Crippen molar-refractivity contribution in [2.24, 2.45) is 0 Å². The molecule has 1 N–H and O–H groups in total. The van der Waals surface area contributed by atoms with Crippen molar-refractivity contribution in [3.05, 3.63) is 59.2 Å². The Hall–Kier alpha value is -2.76. The summed E-state index contributed by atoms with van der Waals surface area (Å²) in [5, 5.41) is 2.14. The van der Waals surface area contributed by atoms with E-state index in [1.165, 1.54) is 6.07 Å². The van der Waals surface area contributed by atoms with Crippen LogP contribution in [0.15, 0.2) is 36.4 Å². The Morgan fingerprint density at radius 3 is 2.52 bits per heavy atom. The van der Waals surface area contributed by atoms with Gasteiger partial charge in [0.15, 0.2) is 12.4 Å². The van der Waals surface area contributed by atoms with E-state index in [1.54, 1.807) is 18.2 Å². The minimum Gasteiger partial charge on any atom is -0.483 e. The van der Waals surface area contributed by atoms with Crippen LogP contribution in [0.1, 0.15) is 22.3 Å². The highest BCUT2D eigenvalue weighted by Crippen LogP contribution is 2.30. The lowest BCUT2D eigenvalue weighted by molar-refractivity contribution is -0.118. The molecule has 2 aromatic rings. The Bertz CT molecular complexity index is 769. The van der Waals surface area contributed by atoms with Gasteiger partial charge in [0, 0.05) is 17.5 Å². The van der Waals surface area contributed by atoms with E-state index in [1.807, 2.05) is 0 Å². The fourth-order valence-electron chi connectivity index (χ4n) is 2.53. The normalized spacial score (nSPS) is 12.9. The molecule has 0 spiro atoms. The lowest BCUT2D eigenvalue weighted by Gasteiger charge is -2.11. The number of ether oxygens (including phenoxy) is 1. The molecular formula is C17H13F2NO3. The number of Topliss-reactive ketones (excluding diaryl/α,β-unsaturated/α-hetero) is 1. The second-order valence-corrected chi connectivity index (χ2v) is 5.14. The topological polar surface area (TPSA) is 55.4 Å². The second-order valence-electron chi connectivity index (χ2n) is 5.14. The Morgan fingerprint density at radius 1 is 1.09 bits per heavy atom. The van der Waals surface area contributed by atoms with Gasteiger partial charge in [-0.05, 0) is 24.6 Å². The highest BCUT2D eigenvalue weighted by molar-refractivity contribution is 6.01. The first-order valence-electron chi connectivity index (χ1n) is 7.08. The summed E-state index contributed by atoms with van der Waals surface area (Å²) in [4.78, 5) is 23.5. The zero-order valence-corrected chi connectivity index (χ0v) is 12.1. The van der Waals surface area contributed by atoms with E-state index in [0.29, 0.717) is 24.2 Å². The number of carbonyl (C=O) groups is 2. The Balaban J connectivity index is 1.68. The van der Waals surface area contributed by atoms with Crippen LogP contribution in [0.5, 0.6) is 5.75 Å².